The molecule has 3 N–H and O–H groups in total. The minimum Gasteiger partial charge on any atom is -0.330 e. The number of rotatable bonds is 5. The van der Waals surface area contributed by atoms with Crippen molar-refractivity contribution in [1.82, 2.24) is 9.03 Å². The molecule has 9 heteroatoms. The third-order valence-electron chi connectivity index (χ3n) is 3.04. The van der Waals surface area contributed by atoms with Gasteiger partial charge in [0.15, 0.2) is 0 Å². The minimum absolute atomic E-state index is 0.0725. The zero-order valence-electron chi connectivity index (χ0n) is 10.8. The van der Waals surface area contributed by atoms with Gasteiger partial charge in [-0.15, -0.1) is 0 Å². The standard InChI is InChI=1S/C10H20F3N3O2S/c1-8(5-10(11,12)13)15-19(17,18)16-4-2-3-9(6-14)7-16/h8-9,15H,2-7,14H2,1H3. The third-order valence-corrected chi connectivity index (χ3v) is 4.75. The van der Waals surface area contributed by atoms with Crippen LogP contribution in [-0.4, -0.2) is 44.6 Å². The van der Waals surface area contributed by atoms with Crippen LogP contribution in [0.2, 0.25) is 0 Å². The monoisotopic (exact) mass is 303 g/mol. The molecule has 0 aromatic heterocycles. The van der Waals surface area contributed by atoms with E-state index in [9.17, 15) is 21.6 Å². The van der Waals surface area contributed by atoms with Crippen molar-refractivity contribution in [3.8, 4) is 0 Å². The summed E-state index contributed by atoms with van der Waals surface area (Å²) >= 11 is 0. The molecule has 1 saturated heterocycles. The molecule has 0 bridgehead atoms. The average molecular weight is 303 g/mol. The van der Waals surface area contributed by atoms with Crippen LogP contribution < -0.4 is 10.5 Å². The molecule has 1 fully saturated rings. The Morgan fingerprint density at radius 3 is 2.63 bits per heavy atom. The second-order valence-corrected chi connectivity index (χ2v) is 6.65. The molecule has 1 rings (SSSR count). The van der Waals surface area contributed by atoms with E-state index in [2.05, 4.69) is 4.72 Å². The maximum Gasteiger partial charge on any atom is 0.390 e. The molecule has 0 amide bonds. The summed E-state index contributed by atoms with van der Waals surface area (Å²) in [5, 5.41) is 0. The highest BCUT2D eigenvalue weighted by atomic mass is 32.2. The molecule has 0 spiro atoms. The molecule has 0 radical (unpaired) electrons. The lowest BCUT2D eigenvalue weighted by Crippen LogP contribution is -2.50. The van der Waals surface area contributed by atoms with Crippen LogP contribution in [0.5, 0.6) is 0 Å². The van der Waals surface area contributed by atoms with Gasteiger partial charge in [0.05, 0.1) is 6.42 Å². The van der Waals surface area contributed by atoms with Gasteiger partial charge in [0, 0.05) is 19.1 Å². The van der Waals surface area contributed by atoms with E-state index in [-0.39, 0.29) is 12.5 Å². The first-order valence-corrected chi connectivity index (χ1v) is 7.62. The molecule has 1 aliphatic rings. The quantitative estimate of drug-likeness (QED) is 0.790. The van der Waals surface area contributed by atoms with Crippen molar-refractivity contribution in [2.24, 2.45) is 11.7 Å². The van der Waals surface area contributed by atoms with Gasteiger partial charge in [0.25, 0.3) is 10.2 Å². The van der Waals surface area contributed by atoms with E-state index >= 15 is 0 Å². The molecule has 5 nitrogen and oxygen atoms in total. The molecule has 2 atom stereocenters. The highest BCUT2D eigenvalue weighted by Crippen LogP contribution is 2.23. The van der Waals surface area contributed by atoms with Crippen LogP contribution in [0.3, 0.4) is 0 Å². The molecular formula is C10H20F3N3O2S. The molecule has 0 aliphatic carbocycles. The molecule has 114 valence electrons. The Balaban J connectivity index is 2.60. The van der Waals surface area contributed by atoms with Gasteiger partial charge in [-0.3, -0.25) is 0 Å². The van der Waals surface area contributed by atoms with Crippen molar-refractivity contribution >= 4 is 10.2 Å². The summed E-state index contributed by atoms with van der Waals surface area (Å²) in [4.78, 5) is 0. The summed E-state index contributed by atoms with van der Waals surface area (Å²) in [6.45, 7) is 2.18. The molecule has 0 aromatic rings. The van der Waals surface area contributed by atoms with E-state index in [0.717, 1.165) is 6.42 Å². The van der Waals surface area contributed by atoms with Crippen molar-refractivity contribution < 1.29 is 21.6 Å². The number of nitrogens with one attached hydrogen (secondary N) is 1. The number of nitrogens with zero attached hydrogens (tertiary/aromatic N) is 1. The fourth-order valence-electron chi connectivity index (χ4n) is 2.16. The summed E-state index contributed by atoms with van der Waals surface area (Å²) in [5.74, 6) is 0.0725. The average Bonchev–Trinajstić information content (AvgIpc) is 2.25. The lowest BCUT2D eigenvalue weighted by molar-refractivity contribution is -0.138. The second-order valence-electron chi connectivity index (χ2n) is 4.95. The third kappa shape index (κ3) is 5.64. The Hall–Kier alpha value is -0.380. The fraction of sp³-hybridized carbons (Fsp3) is 1.00. The van der Waals surface area contributed by atoms with Gasteiger partial charge in [-0.2, -0.15) is 30.6 Å². The predicted octanol–water partition coefficient (Wildman–Crippen LogP) is 0.832. The predicted molar refractivity (Wildman–Crippen MR) is 65.5 cm³/mol. The van der Waals surface area contributed by atoms with Crippen molar-refractivity contribution in [1.29, 1.82) is 0 Å². The van der Waals surface area contributed by atoms with Gasteiger partial charge in [0.2, 0.25) is 0 Å². The van der Waals surface area contributed by atoms with Crippen molar-refractivity contribution in [2.45, 2.75) is 38.4 Å². The van der Waals surface area contributed by atoms with Gasteiger partial charge >= 0.3 is 6.18 Å². The van der Waals surface area contributed by atoms with E-state index in [0.29, 0.717) is 19.5 Å². The van der Waals surface area contributed by atoms with E-state index in [1.54, 1.807) is 0 Å². The van der Waals surface area contributed by atoms with Crippen LogP contribution in [0, 0.1) is 5.92 Å². The number of nitrogens with two attached hydrogens (primary N) is 1. The lowest BCUT2D eigenvalue weighted by Gasteiger charge is -2.32. The first-order chi connectivity index (χ1) is 8.64. The van der Waals surface area contributed by atoms with Crippen LogP contribution >= 0.6 is 0 Å². The Morgan fingerprint density at radius 1 is 1.47 bits per heavy atom. The van der Waals surface area contributed by atoms with Crippen LogP contribution in [0.25, 0.3) is 0 Å². The SMILES string of the molecule is CC(CC(F)(F)F)NS(=O)(=O)N1CCCC(CN)C1. The molecule has 0 aromatic carbocycles. The first kappa shape index (κ1) is 16.7. The summed E-state index contributed by atoms with van der Waals surface area (Å²) in [6, 6.07) is -1.18. The zero-order valence-corrected chi connectivity index (χ0v) is 11.6. The maximum atomic E-state index is 12.2. The van der Waals surface area contributed by atoms with Gasteiger partial charge in [-0.25, -0.2) is 0 Å². The van der Waals surface area contributed by atoms with Crippen molar-refractivity contribution in [2.75, 3.05) is 19.6 Å². The maximum absolute atomic E-state index is 12.2. The number of hydrogen-bond acceptors (Lipinski definition) is 3. The first-order valence-electron chi connectivity index (χ1n) is 6.18. The van der Waals surface area contributed by atoms with E-state index < -0.39 is 28.8 Å². The largest absolute Gasteiger partial charge is 0.390 e. The van der Waals surface area contributed by atoms with E-state index in [4.69, 9.17) is 5.73 Å². The van der Waals surface area contributed by atoms with Gasteiger partial charge in [0.1, 0.15) is 0 Å². The Kier molecular flexibility index (Phi) is 5.60. The second kappa shape index (κ2) is 6.38. The minimum atomic E-state index is -4.39. The Morgan fingerprint density at radius 2 is 2.11 bits per heavy atom. The molecule has 0 saturated carbocycles. The Labute approximate surface area is 111 Å². The summed E-state index contributed by atoms with van der Waals surface area (Å²) in [6.07, 6.45) is -4.04. The van der Waals surface area contributed by atoms with Crippen LogP contribution in [0.1, 0.15) is 26.2 Å². The number of piperidine rings is 1. The smallest absolute Gasteiger partial charge is 0.330 e. The molecule has 1 heterocycles. The highest BCUT2D eigenvalue weighted by Gasteiger charge is 2.34. The van der Waals surface area contributed by atoms with Crippen molar-refractivity contribution in [3.63, 3.8) is 0 Å². The number of alkyl halides is 3. The van der Waals surface area contributed by atoms with Crippen molar-refractivity contribution in [3.05, 3.63) is 0 Å². The lowest BCUT2D eigenvalue weighted by atomic mass is 10.0. The van der Waals surface area contributed by atoms with Crippen LogP contribution in [-0.2, 0) is 10.2 Å². The summed E-state index contributed by atoms with van der Waals surface area (Å²) in [7, 11) is -3.87. The molecule has 2 unspecified atom stereocenters. The Bertz CT molecular complexity index is 386. The molecule has 1 aliphatic heterocycles. The summed E-state index contributed by atoms with van der Waals surface area (Å²) in [5.41, 5.74) is 5.50. The van der Waals surface area contributed by atoms with E-state index in [1.165, 1.54) is 11.2 Å². The normalized spacial score (nSPS) is 24.4. The van der Waals surface area contributed by atoms with E-state index in [1.807, 2.05) is 0 Å². The molecular weight excluding hydrogens is 283 g/mol. The van der Waals surface area contributed by atoms with Gasteiger partial charge in [-0.05, 0) is 32.2 Å². The topological polar surface area (TPSA) is 75.4 Å². The number of hydrogen-bond donors (Lipinski definition) is 2. The van der Waals surface area contributed by atoms with Crippen LogP contribution in [0.4, 0.5) is 13.2 Å². The zero-order chi connectivity index (χ0) is 14.7. The van der Waals surface area contributed by atoms with Gasteiger partial charge < -0.3 is 5.73 Å². The van der Waals surface area contributed by atoms with Gasteiger partial charge in [-0.1, -0.05) is 0 Å². The number of halogens is 3. The summed E-state index contributed by atoms with van der Waals surface area (Å²) < 4.78 is 63.7. The van der Waals surface area contributed by atoms with Crippen LogP contribution in [0.15, 0.2) is 0 Å². The fourth-order valence-corrected chi connectivity index (χ4v) is 3.67. The highest BCUT2D eigenvalue weighted by molar-refractivity contribution is 7.87. The molecule has 19 heavy (non-hydrogen) atoms.